The molecule has 0 unspecified atom stereocenters. The van der Waals surface area contributed by atoms with Crippen LogP contribution in [0.2, 0.25) is 0 Å². The van der Waals surface area contributed by atoms with E-state index in [1.165, 1.54) is 0 Å². The molecular weight excluding hydrogens is 208 g/mol. The first-order valence-electron chi connectivity index (χ1n) is 5.22. The average Bonchev–Trinajstić information content (AvgIpc) is 2.10. The second kappa shape index (κ2) is 6.15. The van der Waals surface area contributed by atoms with Gasteiger partial charge in [-0.25, -0.2) is 4.79 Å². The molecule has 0 saturated heterocycles. The Morgan fingerprint density at radius 1 is 1.50 bits per heavy atom. The Morgan fingerprint density at radius 3 is 2.44 bits per heavy atom. The van der Waals surface area contributed by atoms with E-state index < -0.39 is 11.5 Å². The van der Waals surface area contributed by atoms with E-state index in [4.69, 9.17) is 5.11 Å². The highest BCUT2D eigenvalue weighted by molar-refractivity contribution is 5.76. The molecule has 0 rings (SSSR count). The zero-order valence-corrected chi connectivity index (χ0v) is 10.1. The van der Waals surface area contributed by atoms with Gasteiger partial charge in [0.25, 0.3) is 0 Å². The van der Waals surface area contributed by atoms with Crippen molar-refractivity contribution in [2.45, 2.75) is 32.7 Å². The maximum Gasteiger partial charge on any atom is 0.318 e. The normalized spacial score (nSPS) is 10.7. The van der Waals surface area contributed by atoms with E-state index in [1.807, 2.05) is 6.92 Å². The van der Waals surface area contributed by atoms with E-state index in [2.05, 4.69) is 11.9 Å². The van der Waals surface area contributed by atoms with E-state index >= 15 is 0 Å². The first kappa shape index (κ1) is 14.5. The Hall–Kier alpha value is -1.52. The molecule has 0 aliphatic rings. The van der Waals surface area contributed by atoms with E-state index in [1.54, 1.807) is 24.8 Å². The lowest BCUT2D eigenvalue weighted by molar-refractivity contribution is -0.138. The van der Waals surface area contributed by atoms with Crippen molar-refractivity contribution < 1.29 is 14.7 Å². The van der Waals surface area contributed by atoms with Crippen LogP contribution >= 0.6 is 0 Å². The Morgan fingerprint density at radius 2 is 2.06 bits per heavy atom. The van der Waals surface area contributed by atoms with Crippen molar-refractivity contribution >= 4 is 12.0 Å². The van der Waals surface area contributed by atoms with Crippen molar-refractivity contribution in [2.24, 2.45) is 0 Å². The summed E-state index contributed by atoms with van der Waals surface area (Å²) < 4.78 is 0. The molecule has 92 valence electrons. The van der Waals surface area contributed by atoms with Gasteiger partial charge in [0.05, 0.1) is 6.42 Å². The summed E-state index contributed by atoms with van der Waals surface area (Å²) in [5.41, 5.74) is -0.752. The lowest BCUT2D eigenvalue weighted by Gasteiger charge is -2.28. The second-order valence-electron chi connectivity index (χ2n) is 4.21. The summed E-state index contributed by atoms with van der Waals surface area (Å²) in [4.78, 5) is 23.9. The molecule has 0 aliphatic carbocycles. The molecule has 0 spiro atoms. The van der Waals surface area contributed by atoms with Crippen molar-refractivity contribution in [3.05, 3.63) is 12.7 Å². The third-order valence-electron chi connectivity index (χ3n) is 2.06. The highest BCUT2D eigenvalue weighted by Crippen LogP contribution is 2.08. The number of nitrogens with zero attached hydrogens (tertiary/aromatic N) is 1. The number of hydrogen-bond donors (Lipinski definition) is 2. The van der Waals surface area contributed by atoms with Gasteiger partial charge in [0, 0.05) is 18.6 Å². The van der Waals surface area contributed by atoms with Gasteiger partial charge in [-0.3, -0.25) is 4.79 Å². The first-order valence-corrected chi connectivity index (χ1v) is 5.22. The lowest BCUT2D eigenvalue weighted by atomic mass is 10.0. The fourth-order valence-corrected chi connectivity index (χ4v) is 1.30. The largest absolute Gasteiger partial charge is 0.481 e. The minimum absolute atomic E-state index is 0.107. The Bertz CT molecular complexity index is 274. The summed E-state index contributed by atoms with van der Waals surface area (Å²) in [5, 5.41) is 11.4. The van der Waals surface area contributed by atoms with Gasteiger partial charge in [-0.15, -0.1) is 6.58 Å². The van der Waals surface area contributed by atoms with Crippen LogP contribution in [-0.4, -0.2) is 40.6 Å². The quantitative estimate of drug-likeness (QED) is 0.676. The van der Waals surface area contributed by atoms with Crippen LogP contribution in [0.3, 0.4) is 0 Å². The third-order valence-corrected chi connectivity index (χ3v) is 2.06. The van der Waals surface area contributed by atoms with Crippen molar-refractivity contribution in [3.8, 4) is 0 Å². The molecule has 0 heterocycles. The van der Waals surface area contributed by atoms with Crippen LogP contribution in [0, 0.1) is 0 Å². The van der Waals surface area contributed by atoms with E-state index in [9.17, 15) is 9.59 Å². The molecule has 0 radical (unpaired) electrons. The maximum absolute atomic E-state index is 11.7. The van der Waals surface area contributed by atoms with Crippen molar-refractivity contribution in [1.29, 1.82) is 0 Å². The number of carbonyl (C=O) groups excluding carboxylic acids is 1. The van der Waals surface area contributed by atoms with Crippen molar-refractivity contribution in [2.75, 3.05) is 13.1 Å². The molecule has 2 amide bonds. The lowest BCUT2D eigenvalue weighted by Crippen LogP contribution is -2.51. The Labute approximate surface area is 96.1 Å². The monoisotopic (exact) mass is 228 g/mol. The van der Waals surface area contributed by atoms with Gasteiger partial charge in [0.2, 0.25) is 0 Å². The van der Waals surface area contributed by atoms with Crippen LogP contribution in [0.25, 0.3) is 0 Å². The zero-order chi connectivity index (χ0) is 12.8. The SMILES string of the molecule is C=CCN(CC)C(=O)NC(C)(C)CC(=O)O. The van der Waals surface area contributed by atoms with Crippen LogP contribution in [0.4, 0.5) is 4.79 Å². The van der Waals surface area contributed by atoms with Gasteiger partial charge in [0.15, 0.2) is 0 Å². The first-order chi connectivity index (χ1) is 7.32. The number of likely N-dealkylation sites (N-methyl/N-ethyl adjacent to an activating group) is 1. The number of urea groups is 1. The molecule has 0 saturated carbocycles. The predicted octanol–water partition coefficient (Wildman–Crippen LogP) is 1.46. The number of carboxylic acids is 1. The molecule has 0 aromatic heterocycles. The van der Waals surface area contributed by atoms with Crippen LogP contribution in [0.1, 0.15) is 27.2 Å². The number of aliphatic carboxylic acids is 1. The summed E-state index contributed by atoms with van der Waals surface area (Å²) >= 11 is 0. The Kier molecular flexibility index (Phi) is 5.56. The summed E-state index contributed by atoms with van der Waals surface area (Å²) in [7, 11) is 0. The van der Waals surface area contributed by atoms with Crippen molar-refractivity contribution in [3.63, 3.8) is 0 Å². The minimum Gasteiger partial charge on any atom is -0.481 e. The number of amides is 2. The van der Waals surface area contributed by atoms with Gasteiger partial charge in [-0.05, 0) is 20.8 Å². The highest BCUT2D eigenvalue weighted by atomic mass is 16.4. The van der Waals surface area contributed by atoms with Crippen molar-refractivity contribution in [1.82, 2.24) is 10.2 Å². The predicted molar refractivity (Wildman–Crippen MR) is 62.3 cm³/mol. The number of hydrogen-bond acceptors (Lipinski definition) is 2. The van der Waals surface area contributed by atoms with Gasteiger partial charge in [-0.2, -0.15) is 0 Å². The molecule has 5 heteroatoms. The Balaban J connectivity index is 4.40. The molecule has 0 fully saturated rings. The van der Waals surface area contributed by atoms with Gasteiger partial charge in [0.1, 0.15) is 0 Å². The van der Waals surface area contributed by atoms with Gasteiger partial charge < -0.3 is 15.3 Å². The zero-order valence-electron chi connectivity index (χ0n) is 10.1. The molecule has 0 atom stereocenters. The fourth-order valence-electron chi connectivity index (χ4n) is 1.30. The summed E-state index contributed by atoms with van der Waals surface area (Å²) in [6, 6.07) is -0.270. The molecule has 2 N–H and O–H groups in total. The van der Waals surface area contributed by atoms with Crippen LogP contribution in [0.15, 0.2) is 12.7 Å². The molecule has 0 aliphatic heterocycles. The second-order valence-corrected chi connectivity index (χ2v) is 4.21. The van der Waals surface area contributed by atoms with Crippen LogP contribution in [-0.2, 0) is 4.79 Å². The smallest absolute Gasteiger partial charge is 0.318 e. The standard InChI is InChI=1S/C11H20N2O3/c1-5-7-13(6-2)10(16)12-11(3,4)8-9(14)15/h5H,1,6-8H2,2-4H3,(H,12,16)(H,14,15). The summed E-state index contributed by atoms with van der Waals surface area (Å²) in [6.45, 7) is 9.78. The molecule has 0 bridgehead atoms. The maximum atomic E-state index is 11.7. The topological polar surface area (TPSA) is 69.6 Å². The fraction of sp³-hybridized carbons (Fsp3) is 0.636. The summed E-state index contributed by atoms with van der Waals surface area (Å²) in [5.74, 6) is -0.933. The number of nitrogens with one attached hydrogen (secondary N) is 1. The van der Waals surface area contributed by atoms with Crippen LogP contribution < -0.4 is 5.32 Å². The van der Waals surface area contributed by atoms with Gasteiger partial charge >= 0.3 is 12.0 Å². The molecule has 0 aromatic carbocycles. The summed E-state index contributed by atoms with van der Waals surface area (Å²) in [6.07, 6.45) is 1.53. The van der Waals surface area contributed by atoms with Gasteiger partial charge in [-0.1, -0.05) is 6.08 Å². The van der Waals surface area contributed by atoms with E-state index in [0.717, 1.165) is 0 Å². The highest BCUT2D eigenvalue weighted by Gasteiger charge is 2.25. The average molecular weight is 228 g/mol. The molecule has 16 heavy (non-hydrogen) atoms. The van der Waals surface area contributed by atoms with Crippen LogP contribution in [0.5, 0.6) is 0 Å². The molecule has 0 aromatic rings. The number of carbonyl (C=O) groups is 2. The van der Waals surface area contributed by atoms with E-state index in [-0.39, 0.29) is 12.5 Å². The molecule has 5 nitrogen and oxygen atoms in total. The third kappa shape index (κ3) is 5.38. The minimum atomic E-state index is -0.933. The molecular formula is C11H20N2O3. The number of carboxylic acid groups (broad SMARTS) is 1. The number of rotatable bonds is 6. The van der Waals surface area contributed by atoms with E-state index in [0.29, 0.717) is 13.1 Å².